The van der Waals surface area contributed by atoms with Crippen molar-refractivity contribution in [3.63, 3.8) is 0 Å². The minimum Gasteiger partial charge on any atom is -0.471 e. The second-order valence-corrected chi connectivity index (χ2v) is 7.21. The first kappa shape index (κ1) is 16.6. The number of amides is 2. The van der Waals surface area contributed by atoms with E-state index in [1.807, 2.05) is 69.3 Å². The van der Waals surface area contributed by atoms with E-state index in [-0.39, 0.29) is 11.8 Å². The summed E-state index contributed by atoms with van der Waals surface area (Å²) >= 11 is 0. The largest absolute Gasteiger partial charge is 0.471 e. The number of hydrazine groups is 1. The zero-order chi connectivity index (χ0) is 18.5. The van der Waals surface area contributed by atoms with Crippen LogP contribution in [-0.4, -0.2) is 22.5 Å². The molecule has 0 spiro atoms. The van der Waals surface area contributed by atoms with Gasteiger partial charge in [0.2, 0.25) is 11.8 Å². The summed E-state index contributed by atoms with van der Waals surface area (Å²) in [6, 6.07) is 14.6. The van der Waals surface area contributed by atoms with Gasteiger partial charge in [-0.15, -0.1) is 0 Å². The van der Waals surface area contributed by atoms with Gasteiger partial charge in [-0.05, 0) is 39.0 Å². The number of carbonyl (C=O) groups excluding carboxylic acids is 2. The molecule has 0 aliphatic carbocycles. The van der Waals surface area contributed by atoms with E-state index in [1.54, 1.807) is 5.01 Å². The SMILES string of the molecule is Cc1ccc(NC(=O)C2C(=O)NN3C2c2ccccc2OC3(C)C)cc1. The van der Waals surface area contributed by atoms with Gasteiger partial charge in [0.15, 0.2) is 5.72 Å². The lowest BCUT2D eigenvalue weighted by Gasteiger charge is -2.44. The number of benzene rings is 2. The standard InChI is InChI=1S/C20H21N3O3/c1-12-8-10-13(11-9-12)21-18(24)16-17-14-6-4-5-7-15(14)26-20(2,3)23(17)22-19(16)25/h4-11,16-17H,1-3H3,(H,21,24)(H,22,25). The van der Waals surface area contributed by atoms with E-state index in [0.717, 1.165) is 11.1 Å². The maximum Gasteiger partial charge on any atom is 0.249 e. The lowest BCUT2D eigenvalue weighted by molar-refractivity contribution is -0.133. The van der Waals surface area contributed by atoms with Gasteiger partial charge in [-0.1, -0.05) is 35.9 Å². The summed E-state index contributed by atoms with van der Waals surface area (Å²) in [5, 5.41) is 4.60. The van der Waals surface area contributed by atoms with Gasteiger partial charge in [-0.25, -0.2) is 0 Å². The van der Waals surface area contributed by atoms with Crippen molar-refractivity contribution in [2.45, 2.75) is 32.5 Å². The quantitative estimate of drug-likeness (QED) is 0.816. The molecule has 2 N–H and O–H groups in total. The number of anilines is 1. The molecule has 26 heavy (non-hydrogen) atoms. The predicted molar refractivity (Wildman–Crippen MR) is 97.2 cm³/mol. The highest BCUT2D eigenvalue weighted by Gasteiger charge is 2.55. The maximum absolute atomic E-state index is 12.9. The third-order valence-corrected chi connectivity index (χ3v) is 4.89. The monoisotopic (exact) mass is 351 g/mol. The average Bonchev–Trinajstić information content (AvgIpc) is 2.95. The van der Waals surface area contributed by atoms with Crippen molar-refractivity contribution in [1.29, 1.82) is 0 Å². The van der Waals surface area contributed by atoms with E-state index in [4.69, 9.17) is 4.74 Å². The van der Waals surface area contributed by atoms with Crippen molar-refractivity contribution >= 4 is 17.5 Å². The molecule has 0 aromatic heterocycles. The third-order valence-electron chi connectivity index (χ3n) is 4.89. The predicted octanol–water partition coefficient (Wildman–Crippen LogP) is 2.77. The molecule has 134 valence electrons. The van der Waals surface area contributed by atoms with Gasteiger partial charge in [0.1, 0.15) is 11.7 Å². The van der Waals surface area contributed by atoms with Gasteiger partial charge in [0.25, 0.3) is 0 Å². The number of aryl methyl sites for hydroxylation is 1. The minimum atomic E-state index is -0.861. The molecular weight excluding hydrogens is 330 g/mol. The van der Waals surface area contributed by atoms with Gasteiger partial charge in [-0.3, -0.25) is 15.0 Å². The average molecular weight is 351 g/mol. The fourth-order valence-electron chi connectivity index (χ4n) is 3.59. The Kier molecular flexibility index (Phi) is 3.73. The smallest absolute Gasteiger partial charge is 0.249 e. The number of ether oxygens (including phenoxy) is 1. The highest BCUT2D eigenvalue weighted by Crippen LogP contribution is 2.46. The second-order valence-electron chi connectivity index (χ2n) is 7.21. The van der Waals surface area contributed by atoms with Gasteiger partial charge in [0, 0.05) is 11.3 Å². The van der Waals surface area contributed by atoms with Crippen LogP contribution in [0.3, 0.4) is 0 Å². The van der Waals surface area contributed by atoms with Crippen LogP contribution in [0.1, 0.15) is 31.0 Å². The van der Waals surface area contributed by atoms with Crippen molar-refractivity contribution in [1.82, 2.24) is 10.4 Å². The Hall–Kier alpha value is -2.86. The first-order chi connectivity index (χ1) is 12.4. The van der Waals surface area contributed by atoms with Crippen LogP contribution in [-0.2, 0) is 9.59 Å². The molecule has 1 fully saturated rings. The summed E-state index contributed by atoms with van der Waals surface area (Å²) in [7, 11) is 0. The number of nitrogens with one attached hydrogen (secondary N) is 2. The lowest BCUT2D eigenvalue weighted by Crippen LogP contribution is -2.56. The number of hydrogen-bond donors (Lipinski definition) is 2. The van der Waals surface area contributed by atoms with Crippen molar-refractivity contribution < 1.29 is 14.3 Å². The summed E-state index contributed by atoms with van der Waals surface area (Å²) in [6.45, 7) is 5.72. The zero-order valence-electron chi connectivity index (χ0n) is 14.9. The van der Waals surface area contributed by atoms with Crippen LogP contribution in [0.5, 0.6) is 5.75 Å². The molecule has 2 amide bonds. The Labute approximate surface area is 152 Å². The lowest BCUT2D eigenvalue weighted by atomic mass is 9.90. The molecule has 6 nitrogen and oxygen atoms in total. The van der Waals surface area contributed by atoms with E-state index < -0.39 is 17.7 Å². The first-order valence-electron chi connectivity index (χ1n) is 8.62. The molecule has 6 heteroatoms. The summed E-state index contributed by atoms with van der Waals surface area (Å²) in [5.74, 6) is -0.816. The summed E-state index contributed by atoms with van der Waals surface area (Å²) in [6.07, 6.45) is 0. The maximum atomic E-state index is 12.9. The van der Waals surface area contributed by atoms with Crippen LogP contribution < -0.4 is 15.5 Å². The minimum absolute atomic E-state index is 0.326. The number of nitrogens with zero attached hydrogens (tertiary/aromatic N) is 1. The Bertz CT molecular complexity index is 876. The molecule has 0 bridgehead atoms. The molecule has 0 radical (unpaired) electrons. The Morgan fingerprint density at radius 2 is 1.85 bits per heavy atom. The summed E-state index contributed by atoms with van der Waals surface area (Å²) in [5.41, 5.74) is 4.67. The molecule has 2 unspecified atom stereocenters. The highest BCUT2D eigenvalue weighted by molar-refractivity contribution is 6.08. The molecule has 2 aromatic carbocycles. The fourth-order valence-corrected chi connectivity index (χ4v) is 3.59. The van der Waals surface area contributed by atoms with Gasteiger partial charge >= 0.3 is 0 Å². The van der Waals surface area contributed by atoms with Crippen LogP contribution in [0.15, 0.2) is 48.5 Å². The molecule has 2 aromatic rings. The molecule has 0 saturated carbocycles. The van der Waals surface area contributed by atoms with Crippen LogP contribution >= 0.6 is 0 Å². The second kappa shape index (κ2) is 5.85. The number of carbonyl (C=O) groups is 2. The number of rotatable bonds is 2. The van der Waals surface area contributed by atoms with Crippen molar-refractivity contribution in [2.24, 2.45) is 5.92 Å². The van der Waals surface area contributed by atoms with E-state index in [0.29, 0.717) is 11.4 Å². The Morgan fingerprint density at radius 3 is 2.58 bits per heavy atom. The van der Waals surface area contributed by atoms with Crippen molar-refractivity contribution in [2.75, 3.05) is 5.32 Å². The van der Waals surface area contributed by atoms with E-state index in [9.17, 15) is 9.59 Å². The Morgan fingerprint density at radius 1 is 1.15 bits per heavy atom. The van der Waals surface area contributed by atoms with E-state index in [2.05, 4.69) is 10.7 Å². The van der Waals surface area contributed by atoms with E-state index >= 15 is 0 Å². The van der Waals surface area contributed by atoms with Crippen LogP contribution in [0.25, 0.3) is 0 Å². The normalized spacial score (nSPS) is 23.4. The number of para-hydroxylation sites is 1. The van der Waals surface area contributed by atoms with Gasteiger partial charge < -0.3 is 10.1 Å². The van der Waals surface area contributed by atoms with Gasteiger partial charge in [-0.2, -0.15) is 5.01 Å². The van der Waals surface area contributed by atoms with Crippen molar-refractivity contribution in [3.05, 3.63) is 59.7 Å². The topological polar surface area (TPSA) is 70.7 Å². The summed E-state index contributed by atoms with van der Waals surface area (Å²) < 4.78 is 6.02. The van der Waals surface area contributed by atoms with E-state index in [1.165, 1.54) is 0 Å². The van der Waals surface area contributed by atoms with Crippen LogP contribution in [0.2, 0.25) is 0 Å². The summed E-state index contributed by atoms with van der Waals surface area (Å²) in [4.78, 5) is 25.6. The molecule has 2 heterocycles. The van der Waals surface area contributed by atoms with Crippen LogP contribution in [0, 0.1) is 12.8 Å². The highest BCUT2D eigenvalue weighted by atomic mass is 16.5. The van der Waals surface area contributed by atoms with Crippen molar-refractivity contribution in [3.8, 4) is 5.75 Å². The fraction of sp³-hybridized carbons (Fsp3) is 0.300. The molecule has 1 saturated heterocycles. The molecule has 2 atom stereocenters. The van der Waals surface area contributed by atoms with Crippen LogP contribution in [0.4, 0.5) is 5.69 Å². The third kappa shape index (κ3) is 2.63. The number of fused-ring (bicyclic) bond motifs is 3. The molecule has 4 rings (SSSR count). The molecule has 2 aliphatic rings. The Balaban J connectivity index is 1.69. The first-order valence-corrected chi connectivity index (χ1v) is 8.62. The zero-order valence-corrected chi connectivity index (χ0v) is 14.9. The molecular formula is C20H21N3O3. The van der Waals surface area contributed by atoms with Gasteiger partial charge in [0.05, 0.1) is 6.04 Å². The molecule has 2 aliphatic heterocycles. The number of hydrogen-bond acceptors (Lipinski definition) is 4.